The summed E-state index contributed by atoms with van der Waals surface area (Å²) in [4.78, 5) is 15.2. The lowest BCUT2D eigenvalue weighted by molar-refractivity contribution is 0.0892. The fourth-order valence-corrected chi connectivity index (χ4v) is 4.50. The molecule has 0 bridgehead atoms. The first-order valence-electron chi connectivity index (χ1n) is 11.4. The number of piperidine rings is 1. The molecular formula is C26H35Cl3N2O. The zero-order chi connectivity index (χ0) is 22.4. The maximum Gasteiger partial charge on any atom is 0.251 e. The van der Waals surface area contributed by atoms with E-state index in [9.17, 15) is 4.79 Å². The van der Waals surface area contributed by atoms with Crippen molar-refractivity contribution in [1.82, 2.24) is 10.2 Å². The molecule has 0 aliphatic carbocycles. The van der Waals surface area contributed by atoms with Crippen molar-refractivity contribution in [2.75, 3.05) is 19.6 Å². The number of benzene rings is 2. The third kappa shape index (κ3) is 7.95. The first-order valence-corrected chi connectivity index (χ1v) is 12.1. The smallest absolute Gasteiger partial charge is 0.251 e. The van der Waals surface area contributed by atoms with E-state index < -0.39 is 0 Å². The summed E-state index contributed by atoms with van der Waals surface area (Å²) >= 11 is 12.2. The average molecular weight is 498 g/mol. The normalized spacial score (nSPS) is 15.9. The van der Waals surface area contributed by atoms with Crippen LogP contribution in [0.3, 0.4) is 0 Å². The van der Waals surface area contributed by atoms with E-state index in [4.69, 9.17) is 23.2 Å². The molecule has 1 saturated heterocycles. The summed E-state index contributed by atoms with van der Waals surface area (Å²) in [6.45, 7) is 9.50. The van der Waals surface area contributed by atoms with Crippen molar-refractivity contribution in [2.45, 2.75) is 52.5 Å². The number of carbonyl (C=O) groups excluding carboxylic acids is 1. The van der Waals surface area contributed by atoms with Gasteiger partial charge in [-0.15, -0.1) is 12.4 Å². The van der Waals surface area contributed by atoms with Crippen LogP contribution in [0, 0.1) is 18.8 Å². The molecule has 0 radical (unpaired) electrons. The Hall–Kier alpha value is -1.26. The van der Waals surface area contributed by atoms with Crippen molar-refractivity contribution in [2.24, 2.45) is 11.8 Å². The predicted molar refractivity (Wildman–Crippen MR) is 138 cm³/mol. The molecule has 0 saturated carbocycles. The Bertz CT molecular complexity index is 862. The summed E-state index contributed by atoms with van der Waals surface area (Å²) in [5.41, 5.74) is 3.16. The Balaban J connectivity index is 0.00000363. The van der Waals surface area contributed by atoms with Crippen LogP contribution in [0.1, 0.15) is 54.6 Å². The lowest BCUT2D eigenvalue weighted by atomic mass is 9.90. The van der Waals surface area contributed by atoms with Crippen molar-refractivity contribution >= 4 is 41.5 Å². The van der Waals surface area contributed by atoms with Gasteiger partial charge in [-0.2, -0.15) is 0 Å². The number of halogens is 3. The summed E-state index contributed by atoms with van der Waals surface area (Å²) in [5, 5.41) is 4.52. The molecule has 2 aromatic carbocycles. The largest absolute Gasteiger partial charge is 0.348 e. The third-order valence-corrected chi connectivity index (χ3v) is 7.16. The van der Waals surface area contributed by atoms with Crippen LogP contribution in [-0.2, 0) is 6.42 Å². The Kier molecular flexibility index (Phi) is 10.8. The van der Waals surface area contributed by atoms with Gasteiger partial charge in [0.1, 0.15) is 0 Å². The maximum atomic E-state index is 12.7. The molecule has 3 nitrogen and oxygen atoms in total. The summed E-state index contributed by atoms with van der Waals surface area (Å²) in [7, 11) is 0. The highest BCUT2D eigenvalue weighted by Gasteiger charge is 2.24. The topological polar surface area (TPSA) is 32.3 Å². The molecule has 3 rings (SSSR count). The standard InChI is InChI=1S/C26H34Cl2N2O.ClH/c1-18(2)25(29-26(31)22-9-4-19(3)5-10-22)17-30-14-12-20(13-15-30)6-7-21-8-11-23(27)24(28)16-21;/h4-5,8-11,16,18,20,25H,6-7,12-15,17H2,1-3H3,(H,29,31);1H. The molecule has 1 amide bonds. The van der Waals surface area contributed by atoms with Crippen LogP contribution in [0.5, 0.6) is 0 Å². The van der Waals surface area contributed by atoms with E-state index in [2.05, 4.69) is 30.1 Å². The van der Waals surface area contributed by atoms with Crippen molar-refractivity contribution in [1.29, 1.82) is 0 Å². The Labute approximate surface area is 209 Å². The highest BCUT2D eigenvalue weighted by molar-refractivity contribution is 6.42. The summed E-state index contributed by atoms with van der Waals surface area (Å²) in [6, 6.07) is 13.9. The molecule has 2 aromatic rings. The number of carbonyl (C=O) groups is 1. The van der Waals surface area contributed by atoms with E-state index in [1.165, 1.54) is 30.4 Å². The first-order chi connectivity index (χ1) is 14.8. The van der Waals surface area contributed by atoms with Crippen LogP contribution >= 0.6 is 35.6 Å². The number of hydrogen-bond acceptors (Lipinski definition) is 2. The maximum absolute atomic E-state index is 12.7. The van der Waals surface area contributed by atoms with Gasteiger partial charge in [0.15, 0.2) is 0 Å². The number of hydrogen-bond donors (Lipinski definition) is 1. The van der Waals surface area contributed by atoms with Crippen molar-refractivity contribution in [3.05, 3.63) is 69.2 Å². The highest BCUT2D eigenvalue weighted by Crippen LogP contribution is 2.26. The summed E-state index contributed by atoms with van der Waals surface area (Å²) < 4.78 is 0. The Morgan fingerprint density at radius 3 is 2.31 bits per heavy atom. The van der Waals surface area contributed by atoms with Gasteiger partial charge in [0.2, 0.25) is 0 Å². The molecular weight excluding hydrogens is 463 g/mol. The van der Waals surface area contributed by atoms with Crippen molar-refractivity contribution in [3.8, 4) is 0 Å². The van der Waals surface area contributed by atoms with Crippen LogP contribution in [0.2, 0.25) is 10.0 Å². The van der Waals surface area contributed by atoms with Gasteiger partial charge in [0.25, 0.3) is 5.91 Å². The molecule has 0 spiro atoms. The molecule has 0 aromatic heterocycles. The number of rotatable bonds is 8. The van der Waals surface area contributed by atoms with Crippen LogP contribution in [0.4, 0.5) is 0 Å². The third-order valence-electron chi connectivity index (χ3n) is 6.42. The lowest BCUT2D eigenvalue weighted by Crippen LogP contribution is -2.48. The molecule has 32 heavy (non-hydrogen) atoms. The SMILES string of the molecule is Cc1ccc(C(=O)NC(CN2CCC(CCc3ccc(Cl)c(Cl)c3)CC2)C(C)C)cc1.Cl. The number of likely N-dealkylation sites (tertiary alicyclic amines) is 1. The fourth-order valence-electron chi connectivity index (χ4n) is 4.18. The molecule has 1 heterocycles. The molecule has 6 heteroatoms. The lowest BCUT2D eigenvalue weighted by Gasteiger charge is -2.35. The van der Waals surface area contributed by atoms with E-state index in [-0.39, 0.29) is 24.4 Å². The minimum absolute atomic E-state index is 0. The minimum Gasteiger partial charge on any atom is -0.348 e. The quantitative estimate of drug-likeness (QED) is 0.434. The van der Waals surface area contributed by atoms with Gasteiger partial charge < -0.3 is 10.2 Å². The number of nitrogens with one attached hydrogen (secondary N) is 1. The van der Waals surface area contributed by atoms with Gasteiger partial charge in [-0.3, -0.25) is 4.79 Å². The molecule has 1 fully saturated rings. The summed E-state index contributed by atoms with van der Waals surface area (Å²) in [5.74, 6) is 1.15. The second-order valence-corrected chi connectivity index (χ2v) is 10.0. The molecule has 176 valence electrons. The Morgan fingerprint density at radius 1 is 1.06 bits per heavy atom. The first kappa shape index (κ1) is 27.0. The molecule has 1 aliphatic heterocycles. The van der Waals surface area contributed by atoms with Gasteiger partial charge >= 0.3 is 0 Å². The number of amides is 1. The van der Waals surface area contributed by atoms with Gasteiger partial charge in [0, 0.05) is 18.2 Å². The molecule has 1 unspecified atom stereocenters. The molecule has 1 N–H and O–H groups in total. The van der Waals surface area contributed by atoms with Crippen molar-refractivity contribution < 1.29 is 4.79 Å². The van der Waals surface area contributed by atoms with Gasteiger partial charge in [0.05, 0.1) is 10.0 Å². The van der Waals surface area contributed by atoms with Gasteiger partial charge in [-0.25, -0.2) is 0 Å². The van der Waals surface area contributed by atoms with Gasteiger partial charge in [-0.1, -0.05) is 60.8 Å². The predicted octanol–water partition coefficient (Wildman–Crippen LogP) is 6.82. The zero-order valence-electron chi connectivity index (χ0n) is 19.2. The van der Waals surface area contributed by atoms with E-state index in [0.29, 0.717) is 16.0 Å². The molecule has 1 atom stereocenters. The van der Waals surface area contributed by atoms with Crippen molar-refractivity contribution in [3.63, 3.8) is 0 Å². The van der Waals surface area contributed by atoms with E-state index in [1.54, 1.807) is 0 Å². The highest BCUT2D eigenvalue weighted by atomic mass is 35.5. The van der Waals surface area contributed by atoms with E-state index >= 15 is 0 Å². The minimum atomic E-state index is 0. The van der Waals surface area contributed by atoms with E-state index in [0.717, 1.165) is 37.5 Å². The van der Waals surface area contributed by atoms with E-state index in [1.807, 2.05) is 43.3 Å². The average Bonchev–Trinajstić information content (AvgIpc) is 2.75. The second-order valence-electron chi connectivity index (χ2n) is 9.22. The second kappa shape index (κ2) is 12.8. The van der Waals surface area contributed by atoms with Crippen LogP contribution < -0.4 is 5.32 Å². The monoisotopic (exact) mass is 496 g/mol. The van der Waals surface area contributed by atoms with Gasteiger partial charge in [-0.05, 0) is 87.4 Å². The Morgan fingerprint density at radius 2 is 1.72 bits per heavy atom. The van der Waals surface area contributed by atoms with Crippen LogP contribution in [0.25, 0.3) is 0 Å². The fraction of sp³-hybridized carbons (Fsp3) is 0.500. The molecule has 1 aliphatic rings. The van der Waals surface area contributed by atoms with Crippen LogP contribution in [-0.4, -0.2) is 36.5 Å². The number of nitrogens with zero attached hydrogens (tertiary/aromatic N) is 1. The van der Waals surface area contributed by atoms with Crippen LogP contribution in [0.15, 0.2) is 42.5 Å². The number of aryl methyl sites for hydroxylation is 2. The summed E-state index contributed by atoms with van der Waals surface area (Å²) in [6.07, 6.45) is 4.64. The zero-order valence-corrected chi connectivity index (χ0v) is 21.6.